The Bertz CT molecular complexity index is 431. The molecule has 1 N–H and O–H groups in total. The quantitative estimate of drug-likeness (QED) is 0.875. The highest BCUT2D eigenvalue weighted by atomic mass is 16.5. The van der Waals surface area contributed by atoms with Gasteiger partial charge in [-0.1, -0.05) is 31.2 Å². The minimum Gasteiger partial charge on any atom is -0.369 e. The molecule has 0 amide bonds. The number of nitrogens with one attached hydrogen (secondary N) is 1. The molecule has 1 fully saturated rings. The molecule has 1 aromatic rings. The summed E-state index contributed by atoms with van der Waals surface area (Å²) in [5, 5.41) is 3.67. The lowest BCUT2D eigenvalue weighted by molar-refractivity contribution is -0.0307. The molecular formula is C18H27NO. The summed E-state index contributed by atoms with van der Waals surface area (Å²) >= 11 is 0. The molecule has 110 valence electrons. The van der Waals surface area contributed by atoms with E-state index in [9.17, 15) is 0 Å². The first-order valence-electron chi connectivity index (χ1n) is 8.35. The highest BCUT2D eigenvalue weighted by molar-refractivity contribution is 5.31. The highest BCUT2D eigenvalue weighted by Gasteiger charge is 2.31. The van der Waals surface area contributed by atoms with Crippen LogP contribution in [0.2, 0.25) is 0 Å². The lowest BCUT2D eigenvalue weighted by atomic mass is 9.89. The van der Waals surface area contributed by atoms with Gasteiger partial charge in [0.25, 0.3) is 0 Å². The van der Waals surface area contributed by atoms with Crippen LogP contribution in [0.15, 0.2) is 24.3 Å². The van der Waals surface area contributed by atoms with Crippen molar-refractivity contribution in [1.29, 1.82) is 0 Å². The summed E-state index contributed by atoms with van der Waals surface area (Å²) in [6, 6.07) is 9.42. The standard InChI is InChI=1S/C18H27NO/c1-2-13-19-16-10-6-12-18(16)20-17-11-5-8-14-7-3-4-9-15(14)17/h3-4,7,9,16-19H,2,5-6,8,10-13H2,1H3. The van der Waals surface area contributed by atoms with Gasteiger partial charge in [0.05, 0.1) is 12.2 Å². The van der Waals surface area contributed by atoms with Gasteiger partial charge in [0.2, 0.25) is 0 Å². The number of ether oxygens (including phenoxy) is 1. The second-order valence-electron chi connectivity index (χ2n) is 6.25. The van der Waals surface area contributed by atoms with Gasteiger partial charge in [-0.05, 0) is 62.6 Å². The van der Waals surface area contributed by atoms with Crippen molar-refractivity contribution in [3.63, 3.8) is 0 Å². The molecule has 2 aliphatic carbocycles. The number of aryl methyl sites for hydroxylation is 1. The van der Waals surface area contributed by atoms with Gasteiger partial charge in [0, 0.05) is 6.04 Å². The SMILES string of the molecule is CCCNC1CCCC1OC1CCCc2ccccc21. The zero-order valence-electron chi connectivity index (χ0n) is 12.6. The third-order valence-corrected chi connectivity index (χ3v) is 4.76. The molecule has 0 aliphatic heterocycles. The maximum atomic E-state index is 6.53. The maximum absolute atomic E-state index is 6.53. The van der Waals surface area contributed by atoms with Crippen molar-refractivity contribution in [2.45, 2.75) is 70.1 Å². The van der Waals surface area contributed by atoms with E-state index in [1.165, 1.54) is 56.1 Å². The molecule has 0 spiro atoms. The predicted octanol–water partition coefficient (Wildman–Crippen LogP) is 4.00. The molecule has 1 saturated carbocycles. The van der Waals surface area contributed by atoms with E-state index < -0.39 is 0 Å². The van der Waals surface area contributed by atoms with Crippen molar-refractivity contribution < 1.29 is 4.74 Å². The average Bonchev–Trinajstić information content (AvgIpc) is 2.93. The van der Waals surface area contributed by atoms with Crippen LogP contribution in [-0.2, 0) is 11.2 Å². The van der Waals surface area contributed by atoms with Crippen LogP contribution < -0.4 is 5.32 Å². The van der Waals surface area contributed by atoms with Crippen molar-refractivity contribution in [1.82, 2.24) is 5.32 Å². The van der Waals surface area contributed by atoms with Crippen LogP contribution in [0.25, 0.3) is 0 Å². The Morgan fingerprint density at radius 2 is 2.05 bits per heavy atom. The lowest BCUT2D eigenvalue weighted by Crippen LogP contribution is -2.38. The van der Waals surface area contributed by atoms with Gasteiger partial charge in [-0.2, -0.15) is 0 Å². The van der Waals surface area contributed by atoms with Crippen molar-refractivity contribution in [2.75, 3.05) is 6.54 Å². The summed E-state index contributed by atoms with van der Waals surface area (Å²) in [6.07, 6.45) is 9.43. The molecule has 0 radical (unpaired) electrons. The van der Waals surface area contributed by atoms with Crippen LogP contribution >= 0.6 is 0 Å². The molecule has 2 nitrogen and oxygen atoms in total. The van der Waals surface area contributed by atoms with E-state index in [1.54, 1.807) is 0 Å². The molecule has 3 unspecified atom stereocenters. The minimum atomic E-state index is 0.328. The Labute approximate surface area is 122 Å². The van der Waals surface area contributed by atoms with Crippen molar-refractivity contribution in [3.8, 4) is 0 Å². The first kappa shape index (κ1) is 14.1. The molecule has 0 heterocycles. The summed E-state index contributed by atoms with van der Waals surface area (Å²) < 4.78 is 6.53. The maximum Gasteiger partial charge on any atom is 0.0832 e. The second-order valence-corrected chi connectivity index (χ2v) is 6.25. The van der Waals surface area contributed by atoms with Gasteiger partial charge in [-0.15, -0.1) is 0 Å². The van der Waals surface area contributed by atoms with E-state index >= 15 is 0 Å². The molecule has 0 bridgehead atoms. The Hall–Kier alpha value is -0.860. The third kappa shape index (κ3) is 3.07. The molecule has 2 heteroatoms. The van der Waals surface area contributed by atoms with Gasteiger partial charge in [0.15, 0.2) is 0 Å². The van der Waals surface area contributed by atoms with Gasteiger partial charge < -0.3 is 10.1 Å². The third-order valence-electron chi connectivity index (χ3n) is 4.76. The molecule has 3 atom stereocenters. The number of fused-ring (bicyclic) bond motifs is 1. The normalized spacial score (nSPS) is 29.4. The van der Waals surface area contributed by atoms with Crippen molar-refractivity contribution >= 4 is 0 Å². The zero-order chi connectivity index (χ0) is 13.8. The number of rotatable bonds is 5. The Kier molecular flexibility index (Phi) is 4.74. The van der Waals surface area contributed by atoms with E-state index in [0.29, 0.717) is 18.2 Å². The fourth-order valence-corrected chi connectivity index (χ4v) is 3.71. The average molecular weight is 273 g/mol. The van der Waals surface area contributed by atoms with E-state index in [4.69, 9.17) is 4.74 Å². The van der Waals surface area contributed by atoms with Crippen LogP contribution in [0.4, 0.5) is 0 Å². The van der Waals surface area contributed by atoms with Crippen LogP contribution in [0.1, 0.15) is 62.7 Å². The number of hydrogen-bond donors (Lipinski definition) is 1. The Morgan fingerprint density at radius 1 is 1.15 bits per heavy atom. The molecule has 1 aromatic carbocycles. The number of hydrogen-bond acceptors (Lipinski definition) is 2. The monoisotopic (exact) mass is 273 g/mol. The van der Waals surface area contributed by atoms with E-state index in [1.807, 2.05) is 0 Å². The summed E-state index contributed by atoms with van der Waals surface area (Å²) in [5.41, 5.74) is 2.94. The fraction of sp³-hybridized carbons (Fsp3) is 0.667. The molecule has 3 rings (SSSR count). The largest absolute Gasteiger partial charge is 0.369 e. The molecule has 20 heavy (non-hydrogen) atoms. The molecule has 0 saturated heterocycles. The van der Waals surface area contributed by atoms with Crippen LogP contribution in [0.3, 0.4) is 0 Å². The fourth-order valence-electron chi connectivity index (χ4n) is 3.71. The molecular weight excluding hydrogens is 246 g/mol. The summed E-state index contributed by atoms with van der Waals surface area (Å²) in [5.74, 6) is 0. The minimum absolute atomic E-state index is 0.328. The van der Waals surface area contributed by atoms with Gasteiger partial charge in [-0.25, -0.2) is 0 Å². The van der Waals surface area contributed by atoms with Crippen LogP contribution in [-0.4, -0.2) is 18.7 Å². The second kappa shape index (κ2) is 6.73. The topological polar surface area (TPSA) is 21.3 Å². The van der Waals surface area contributed by atoms with E-state index in [2.05, 4.69) is 36.5 Å². The van der Waals surface area contributed by atoms with Gasteiger partial charge in [-0.3, -0.25) is 0 Å². The highest BCUT2D eigenvalue weighted by Crippen LogP contribution is 2.36. The number of benzene rings is 1. The van der Waals surface area contributed by atoms with E-state index in [-0.39, 0.29) is 0 Å². The van der Waals surface area contributed by atoms with E-state index in [0.717, 1.165) is 6.54 Å². The van der Waals surface area contributed by atoms with Crippen molar-refractivity contribution in [2.24, 2.45) is 0 Å². The lowest BCUT2D eigenvalue weighted by Gasteiger charge is -2.31. The Morgan fingerprint density at radius 3 is 2.95 bits per heavy atom. The predicted molar refractivity (Wildman–Crippen MR) is 82.9 cm³/mol. The van der Waals surface area contributed by atoms with Gasteiger partial charge >= 0.3 is 0 Å². The molecule has 0 aromatic heterocycles. The Balaban J connectivity index is 1.66. The summed E-state index contributed by atoms with van der Waals surface area (Å²) in [4.78, 5) is 0. The summed E-state index contributed by atoms with van der Waals surface area (Å²) in [7, 11) is 0. The first-order chi connectivity index (χ1) is 9.88. The van der Waals surface area contributed by atoms with Crippen LogP contribution in [0, 0.1) is 0 Å². The van der Waals surface area contributed by atoms with Gasteiger partial charge in [0.1, 0.15) is 0 Å². The van der Waals surface area contributed by atoms with Crippen LogP contribution in [0.5, 0.6) is 0 Å². The molecule has 2 aliphatic rings. The van der Waals surface area contributed by atoms with Crippen molar-refractivity contribution in [3.05, 3.63) is 35.4 Å². The smallest absolute Gasteiger partial charge is 0.0832 e. The zero-order valence-corrected chi connectivity index (χ0v) is 12.6. The first-order valence-corrected chi connectivity index (χ1v) is 8.35. The summed E-state index contributed by atoms with van der Waals surface area (Å²) in [6.45, 7) is 3.35.